The van der Waals surface area contributed by atoms with E-state index in [0.717, 1.165) is 15.3 Å². The lowest BCUT2D eigenvalue weighted by Crippen LogP contribution is -2.28. The Morgan fingerprint density at radius 2 is 1.81 bits per heavy atom. The highest BCUT2D eigenvalue weighted by Crippen LogP contribution is 2.32. The Morgan fingerprint density at radius 3 is 2.42 bits per heavy atom. The Bertz CT molecular complexity index is 932. The number of nitrogens with one attached hydrogen (secondary N) is 1. The van der Waals surface area contributed by atoms with Crippen molar-refractivity contribution in [3.63, 3.8) is 0 Å². The number of thiophene rings is 1. The summed E-state index contributed by atoms with van der Waals surface area (Å²) in [6.07, 6.45) is 0.343. The van der Waals surface area contributed by atoms with E-state index in [1.807, 2.05) is 6.92 Å². The highest BCUT2D eigenvalue weighted by Gasteiger charge is 2.30. The van der Waals surface area contributed by atoms with Gasteiger partial charge in [0.25, 0.3) is 11.8 Å². The minimum absolute atomic E-state index is 0.172. The first kappa shape index (κ1) is 17.8. The lowest BCUT2D eigenvalue weighted by Gasteiger charge is -2.14. The molecule has 3 N–H and O–H groups in total. The quantitative estimate of drug-likeness (QED) is 0.804. The van der Waals surface area contributed by atoms with E-state index in [0.29, 0.717) is 16.3 Å². The minimum atomic E-state index is -0.607. The highest BCUT2D eigenvalue weighted by atomic mass is 32.1. The molecule has 3 rings (SSSR count). The first-order chi connectivity index (χ1) is 12.3. The van der Waals surface area contributed by atoms with Crippen LogP contribution in [0.5, 0.6) is 0 Å². The van der Waals surface area contributed by atoms with Crippen molar-refractivity contribution in [1.82, 2.24) is 0 Å². The number of primary amides is 1. The van der Waals surface area contributed by atoms with Crippen LogP contribution in [0.3, 0.4) is 0 Å². The Balaban J connectivity index is 1.89. The third-order valence-electron chi connectivity index (χ3n) is 4.28. The monoisotopic (exact) mass is 371 g/mol. The average Bonchev–Trinajstić information content (AvgIpc) is 3.06. The van der Waals surface area contributed by atoms with Crippen molar-refractivity contribution < 1.29 is 19.2 Å². The molecular formula is C18H17N3O4S. The van der Waals surface area contributed by atoms with Crippen LogP contribution in [-0.4, -0.2) is 23.6 Å². The van der Waals surface area contributed by atoms with Crippen molar-refractivity contribution in [2.24, 2.45) is 5.73 Å². The average molecular weight is 371 g/mol. The summed E-state index contributed by atoms with van der Waals surface area (Å²) >= 11 is 1.27. The molecule has 0 spiro atoms. The van der Waals surface area contributed by atoms with E-state index < -0.39 is 11.8 Å². The normalized spacial score (nSPS) is 14.0. The molecule has 1 aliphatic rings. The van der Waals surface area contributed by atoms with E-state index in [-0.39, 0.29) is 30.2 Å². The number of aryl methyl sites for hydroxylation is 1. The van der Waals surface area contributed by atoms with E-state index in [1.165, 1.54) is 17.4 Å². The van der Waals surface area contributed by atoms with E-state index in [9.17, 15) is 19.2 Å². The molecule has 0 bridgehead atoms. The molecule has 1 fully saturated rings. The largest absolute Gasteiger partial charge is 0.365 e. The number of anilines is 2. The van der Waals surface area contributed by atoms with Crippen molar-refractivity contribution in [3.8, 4) is 0 Å². The Morgan fingerprint density at radius 1 is 1.15 bits per heavy atom. The third-order valence-corrected chi connectivity index (χ3v) is 5.40. The van der Waals surface area contributed by atoms with Crippen LogP contribution in [0.4, 0.5) is 10.7 Å². The van der Waals surface area contributed by atoms with Gasteiger partial charge in [0.15, 0.2) is 0 Å². The number of hydrogen-bond acceptors (Lipinski definition) is 5. The van der Waals surface area contributed by atoms with Crippen molar-refractivity contribution in [2.75, 3.05) is 10.2 Å². The van der Waals surface area contributed by atoms with E-state index in [1.54, 1.807) is 25.1 Å². The fraction of sp³-hybridized carbons (Fsp3) is 0.222. The third kappa shape index (κ3) is 3.11. The number of nitrogens with two attached hydrogens (primary N) is 1. The van der Waals surface area contributed by atoms with Crippen molar-refractivity contribution in [3.05, 3.63) is 45.8 Å². The summed E-state index contributed by atoms with van der Waals surface area (Å²) in [6, 6.07) is 6.25. The van der Waals surface area contributed by atoms with Gasteiger partial charge in [-0.05, 0) is 37.6 Å². The maximum absolute atomic E-state index is 12.6. The molecule has 0 atom stereocenters. The van der Waals surface area contributed by atoms with Gasteiger partial charge in [-0.3, -0.25) is 24.1 Å². The molecule has 1 aliphatic heterocycles. The summed E-state index contributed by atoms with van der Waals surface area (Å²) in [7, 11) is 0. The predicted octanol–water partition coefficient (Wildman–Crippen LogP) is 2.37. The number of carbonyl (C=O) groups is 4. The zero-order valence-corrected chi connectivity index (χ0v) is 15.1. The van der Waals surface area contributed by atoms with Gasteiger partial charge in [-0.15, -0.1) is 11.3 Å². The second-order valence-electron chi connectivity index (χ2n) is 5.98. The molecule has 0 aliphatic carbocycles. The molecule has 2 aromatic rings. The van der Waals surface area contributed by atoms with Gasteiger partial charge in [0.1, 0.15) is 5.00 Å². The molecule has 7 nitrogen and oxygen atoms in total. The molecule has 0 unspecified atom stereocenters. The standard InChI is InChI=1S/C18H17N3O4S/c1-9-10(2)26-18(15(9)16(19)24)20-17(25)11-4-3-5-12(8-11)21-13(22)6-7-14(21)23/h3-5,8H,6-7H2,1-2H3,(H2,19,24)(H,20,25). The first-order valence-electron chi connectivity index (χ1n) is 7.96. The fourth-order valence-corrected chi connectivity index (χ4v) is 3.90. The summed E-state index contributed by atoms with van der Waals surface area (Å²) in [4.78, 5) is 50.0. The lowest BCUT2D eigenvalue weighted by atomic mass is 10.1. The summed E-state index contributed by atoms with van der Waals surface area (Å²) in [5.41, 5.74) is 7.08. The van der Waals surface area contributed by atoms with Gasteiger partial charge in [0, 0.05) is 23.3 Å². The first-order valence-corrected chi connectivity index (χ1v) is 8.78. The molecule has 134 valence electrons. The topological polar surface area (TPSA) is 110 Å². The number of benzene rings is 1. The van der Waals surface area contributed by atoms with Crippen LogP contribution in [0.2, 0.25) is 0 Å². The van der Waals surface area contributed by atoms with Crippen LogP contribution in [0, 0.1) is 13.8 Å². The van der Waals surface area contributed by atoms with Gasteiger partial charge in [0.05, 0.1) is 11.3 Å². The zero-order chi connectivity index (χ0) is 19.0. The SMILES string of the molecule is Cc1sc(NC(=O)c2cccc(N3C(=O)CCC3=O)c2)c(C(N)=O)c1C. The zero-order valence-electron chi connectivity index (χ0n) is 14.3. The Labute approximate surface area is 153 Å². The molecule has 1 aromatic heterocycles. The van der Waals surface area contributed by atoms with Crippen LogP contribution >= 0.6 is 11.3 Å². The lowest BCUT2D eigenvalue weighted by molar-refractivity contribution is -0.121. The van der Waals surface area contributed by atoms with Gasteiger partial charge in [-0.2, -0.15) is 0 Å². The number of nitrogens with zero attached hydrogens (tertiary/aromatic N) is 1. The van der Waals surface area contributed by atoms with Gasteiger partial charge in [-0.25, -0.2) is 0 Å². The van der Waals surface area contributed by atoms with Gasteiger partial charge in [0.2, 0.25) is 11.8 Å². The van der Waals surface area contributed by atoms with E-state index >= 15 is 0 Å². The molecule has 1 saturated heterocycles. The number of carbonyl (C=O) groups excluding carboxylic acids is 4. The van der Waals surface area contributed by atoms with Gasteiger partial charge in [-0.1, -0.05) is 6.07 Å². The van der Waals surface area contributed by atoms with Crippen LogP contribution in [0.25, 0.3) is 0 Å². The summed E-state index contributed by atoms with van der Waals surface area (Å²) in [6.45, 7) is 3.61. The summed E-state index contributed by atoms with van der Waals surface area (Å²) in [5.74, 6) is -1.62. The smallest absolute Gasteiger partial charge is 0.256 e. The van der Waals surface area contributed by atoms with Crippen LogP contribution in [0.15, 0.2) is 24.3 Å². The van der Waals surface area contributed by atoms with Crippen molar-refractivity contribution in [1.29, 1.82) is 0 Å². The number of rotatable bonds is 4. The molecule has 4 amide bonds. The predicted molar refractivity (Wildman–Crippen MR) is 98.4 cm³/mol. The maximum Gasteiger partial charge on any atom is 0.256 e. The van der Waals surface area contributed by atoms with E-state index in [4.69, 9.17) is 5.73 Å². The number of imide groups is 1. The molecule has 26 heavy (non-hydrogen) atoms. The number of hydrogen-bond donors (Lipinski definition) is 2. The molecular weight excluding hydrogens is 354 g/mol. The molecule has 8 heteroatoms. The molecule has 0 radical (unpaired) electrons. The minimum Gasteiger partial charge on any atom is -0.365 e. The van der Waals surface area contributed by atoms with Gasteiger partial charge >= 0.3 is 0 Å². The second-order valence-corrected chi connectivity index (χ2v) is 7.20. The van der Waals surface area contributed by atoms with Crippen LogP contribution in [0.1, 0.15) is 44.0 Å². The Kier molecular flexibility index (Phi) is 4.60. The molecule has 1 aromatic carbocycles. The number of amides is 4. The maximum atomic E-state index is 12.6. The van der Waals surface area contributed by atoms with Gasteiger partial charge < -0.3 is 11.1 Å². The second kappa shape index (κ2) is 6.72. The molecule has 2 heterocycles. The summed E-state index contributed by atoms with van der Waals surface area (Å²) in [5, 5.41) is 3.09. The highest BCUT2D eigenvalue weighted by molar-refractivity contribution is 7.16. The Hall–Kier alpha value is -3.00. The summed E-state index contributed by atoms with van der Waals surface area (Å²) < 4.78 is 0. The van der Waals surface area contributed by atoms with Crippen molar-refractivity contribution >= 4 is 45.7 Å². The van der Waals surface area contributed by atoms with Crippen LogP contribution < -0.4 is 16.0 Å². The van der Waals surface area contributed by atoms with E-state index in [2.05, 4.69) is 5.32 Å². The van der Waals surface area contributed by atoms with Crippen molar-refractivity contribution in [2.45, 2.75) is 26.7 Å². The molecule has 0 saturated carbocycles. The fourth-order valence-electron chi connectivity index (χ4n) is 2.84. The van der Waals surface area contributed by atoms with Crippen LogP contribution in [-0.2, 0) is 9.59 Å².